The Kier molecular flexibility index (Phi) is 8.22. The van der Waals surface area contributed by atoms with E-state index < -0.39 is 0 Å². The molecule has 0 spiro atoms. The molecule has 0 aromatic heterocycles. The summed E-state index contributed by atoms with van der Waals surface area (Å²) in [5.41, 5.74) is 1.46. The zero-order chi connectivity index (χ0) is 17.5. The average molecular weight is 397 g/mol. The van der Waals surface area contributed by atoms with Crippen molar-refractivity contribution in [3.63, 3.8) is 0 Å². The van der Waals surface area contributed by atoms with Crippen LogP contribution in [0.5, 0.6) is 5.75 Å². The first kappa shape index (κ1) is 20.6. The van der Waals surface area contributed by atoms with Gasteiger partial charge in [0.05, 0.1) is 0 Å². The minimum absolute atomic E-state index is 0. The molecule has 0 radical (unpaired) electrons. The molecular formula is C19H22ClFN2O2S. The van der Waals surface area contributed by atoms with E-state index in [9.17, 15) is 9.18 Å². The number of halogens is 2. The van der Waals surface area contributed by atoms with Gasteiger partial charge in [0.2, 0.25) is 5.91 Å². The molecule has 1 fully saturated rings. The van der Waals surface area contributed by atoms with E-state index in [-0.39, 0.29) is 36.8 Å². The quantitative estimate of drug-likeness (QED) is 0.778. The normalized spacial score (nSPS) is 16.4. The molecule has 1 aliphatic rings. The first-order chi connectivity index (χ1) is 12.2. The summed E-state index contributed by atoms with van der Waals surface area (Å²) in [6.45, 7) is 1.23. The monoisotopic (exact) mass is 396 g/mol. The fraction of sp³-hybridized carbons (Fsp3) is 0.316. The number of amides is 1. The number of ether oxygens (including phenoxy) is 1. The fourth-order valence-electron chi connectivity index (χ4n) is 2.64. The molecule has 2 aromatic carbocycles. The second-order valence-electron chi connectivity index (χ2n) is 5.92. The molecule has 2 N–H and O–H groups in total. The molecule has 140 valence electrons. The highest BCUT2D eigenvalue weighted by molar-refractivity contribution is 7.99. The van der Waals surface area contributed by atoms with E-state index in [0.717, 1.165) is 23.6 Å². The second kappa shape index (κ2) is 10.4. The largest absolute Gasteiger partial charge is 0.489 e. The van der Waals surface area contributed by atoms with Gasteiger partial charge in [-0.3, -0.25) is 4.79 Å². The van der Waals surface area contributed by atoms with Crippen molar-refractivity contribution in [3.05, 3.63) is 59.9 Å². The molecule has 3 rings (SSSR count). The zero-order valence-electron chi connectivity index (χ0n) is 14.2. The molecular weight excluding hydrogens is 375 g/mol. The molecule has 0 saturated carbocycles. The Labute approximate surface area is 163 Å². The van der Waals surface area contributed by atoms with Crippen molar-refractivity contribution in [2.45, 2.75) is 19.1 Å². The predicted octanol–water partition coefficient (Wildman–Crippen LogP) is 3.86. The zero-order valence-corrected chi connectivity index (χ0v) is 15.9. The highest BCUT2D eigenvalue weighted by Crippen LogP contribution is 2.19. The van der Waals surface area contributed by atoms with Crippen LogP contribution in [0.15, 0.2) is 48.5 Å². The number of thioether (sulfide) groups is 1. The van der Waals surface area contributed by atoms with Gasteiger partial charge >= 0.3 is 0 Å². The van der Waals surface area contributed by atoms with Crippen LogP contribution in [0.1, 0.15) is 12.0 Å². The van der Waals surface area contributed by atoms with Gasteiger partial charge in [0, 0.05) is 42.3 Å². The third-order valence-corrected chi connectivity index (χ3v) is 4.97. The lowest BCUT2D eigenvalue weighted by atomic mass is 10.2. The molecule has 1 saturated heterocycles. The van der Waals surface area contributed by atoms with Gasteiger partial charge in [0.15, 0.2) is 0 Å². The van der Waals surface area contributed by atoms with Crippen molar-refractivity contribution >= 4 is 35.8 Å². The molecule has 0 aliphatic carbocycles. The topological polar surface area (TPSA) is 50.4 Å². The average Bonchev–Trinajstić information content (AvgIpc) is 2.61. The van der Waals surface area contributed by atoms with Gasteiger partial charge in [0.25, 0.3) is 0 Å². The molecule has 1 unspecified atom stereocenters. The molecule has 4 nitrogen and oxygen atoms in total. The number of hydrogen-bond donors (Lipinski definition) is 2. The lowest BCUT2D eigenvalue weighted by molar-refractivity contribution is -0.116. The van der Waals surface area contributed by atoms with Gasteiger partial charge in [-0.05, 0) is 29.8 Å². The Morgan fingerprint density at radius 1 is 1.27 bits per heavy atom. The highest BCUT2D eigenvalue weighted by atomic mass is 35.5. The van der Waals surface area contributed by atoms with Crippen LogP contribution >= 0.6 is 24.2 Å². The molecule has 1 amide bonds. The maximum Gasteiger partial charge on any atom is 0.225 e. The van der Waals surface area contributed by atoms with E-state index in [4.69, 9.17) is 4.74 Å². The summed E-state index contributed by atoms with van der Waals surface area (Å²) in [6.07, 6.45) is 0.460. The number of benzene rings is 2. The maximum absolute atomic E-state index is 13.2. The first-order valence-electron chi connectivity index (χ1n) is 8.27. The van der Waals surface area contributed by atoms with Crippen molar-refractivity contribution < 1.29 is 13.9 Å². The Hall–Kier alpha value is -1.76. The Morgan fingerprint density at radius 3 is 2.88 bits per heavy atom. The lowest BCUT2D eigenvalue weighted by Crippen LogP contribution is -2.39. The van der Waals surface area contributed by atoms with E-state index >= 15 is 0 Å². The van der Waals surface area contributed by atoms with Crippen LogP contribution in [0.2, 0.25) is 0 Å². The highest BCUT2D eigenvalue weighted by Gasteiger charge is 2.16. The standard InChI is InChI=1S/C19H21FN2O2S.ClH/c20-15-4-1-3-14(9-15)12-24-18-6-2-5-16(10-18)22-19(23)11-17-13-25-8-7-21-17;/h1-6,9-10,17,21H,7-8,11-13H2,(H,22,23);1H. The van der Waals surface area contributed by atoms with Crippen LogP contribution < -0.4 is 15.4 Å². The summed E-state index contributed by atoms with van der Waals surface area (Å²) >= 11 is 1.87. The van der Waals surface area contributed by atoms with Gasteiger partial charge in [-0.25, -0.2) is 4.39 Å². The summed E-state index contributed by atoms with van der Waals surface area (Å²) in [7, 11) is 0. The van der Waals surface area contributed by atoms with Crippen LogP contribution in [0, 0.1) is 5.82 Å². The summed E-state index contributed by atoms with van der Waals surface area (Å²) in [4.78, 5) is 12.2. The minimum atomic E-state index is -0.281. The number of anilines is 1. The Balaban J connectivity index is 0.00000243. The van der Waals surface area contributed by atoms with Crippen molar-refractivity contribution in [1.82, 2.24) is 5.32 Å². The SMILES string of the molecule is Cl.O=C(CC1CSCCN1)Nc1cccc(OCc2cccc(F)c2)c1. The number of nitrogens with one attached hydrogen (secondary N) is 2. The number of carbonyl (C=O) groups is 1. The third-order valence-electron chi connectivity index (χ3n) is 3.84. The van der Waals surface area contributed by atoms with Crippen molar-refractivity contribution in [1.29, 1.82) is 0 Å². The molecule has 7 heteroatoms. The summed E-state index contributed by atoms with van der Waals surface area (Å²) in [5.74, 6) is 2.40. The van der Waals surface area contributed by atoms with E-state index in [1.807, 2.05) is 36.0 Å². The van der Waals surface area contributed by atoms with E-state index in [0.29, 0.717) is 17.9 Å². The van der Waals surface area contributed by atoms with Crippen LogP contribution in [0.25, 0.3) is 0 Å². The van der Waals surface area contributed by atoms with Crippen LogP contribution in [0.4, 0.5) is 10.1 Å². The molecule has 26 heavy (non-hydrogen) atoms. The molecule has 1 aliphatic heterocycles. The third kappa shape index (κ3) is 6.52. The van der Waals surface area contributed by atoms with Gasteiger partial charge in [-0.2, -0.15) is 11.8 Å². The molecule has 2 aromatic rings. The first-order valence-corrected chi connectivity index (χ1v) is 9.43. The summed E-state index contributed by atoms with van der Waals surface area (Å²) in [6, 6.07) is 13.8. The van der Waals surface area contributed by atoms with Gasteiger partial charge in [0.1, 0.15) is 18.2 Å². The smallest absolute Gasteiger partial charge is 0.225 e. The predicted molar refractivity (Wildman–Crippen MR) is 107 cm³/mol. The van der Waals surface area contributed by atoms with Crippen molar-refractivity contribution in [2.24, 2.45) is 0 Å². The maximum atomic E-state index is 13.2. The van der Waals surface area contributed by atoms with Crippen molar-refractivity contribution in [3.8, 4) is 5.75 Å². The molecule has 1 atom stereocenters. The molecule has 0 bridgehead atoms. The van der Waals surface area contributed by atoms with Gasteiger partial charge in [-0.1, -0.05) is 18.2 Å². The number of hydrogen-bond acceptors (Lipinski definition) is 4. The minimum Gasteiger partial charge on any atom is -0.489 e. The summed E-state index contributed by atoms with van der Waals surface area (Å²) in [5, 5.41) is 6.26. The lowest BCUT2D eigenvalue weighted by Gasteiger charge is -2.22. The van der Waals surface area contributed by atoms with Crippen LogP contribution in [-0.4, -0.2) is 30.0 Å². The van der Waals surface area contributed by atoms with E-state index in [2.05, 4.69) is 10.6 Å². The van der Waals surface area contributed by atoms with Crippen molar-refractivity contribution in [2.75, 3.05) is 23.4 Å². The van der Waals surface area contributed by atoms with Gasteiger partial charge in [-0.15, -0.1) is 12.4 Å². The van der Waals surface area contributed by atoms with Crippen LogP contribution in [-0.2, 0) is 11.4 Å². The summed E-state index contributed by atoms with van der Waals surface area (Å²) < 4.78 is 18.9. The van der Waals surface area contributed by atoms with E-state index in [1.165, 1.54) is 12.1 Å². The Bertz CT molecular complexity index is 726. The number of rotatable bonds is 6. The second-order valence-corrected chi connectivity index (χ2v) is 7.07. The van der Waals surface area contributed by atoms with E-state index in [1.54, 1.807) is 12.1 Å². The Morgan fingerprint density at radius 2 is 2.12 bits per heavy atom. The van der Waals surface area contributed by atoms with Gasteiger partial charge < -0.3 is 15.4 Å². The molecule has 1 heterocycles. The van der Waals surface area contributed by atoms with Crippen LogP contribution in [0.3, 0.4) is 0 Å². The number of carbonyl (C=O) groups excluding carboxylic acids is 1. The fourth-order valence-corrected chi connectivity index (χ4v) is 3.59.